The number of aromatic nitrogens is 4. The van der Waals surface area contributed by atoms with Crippen LogP contribution in [0.15, 0.2) is 89.8 Å². The number of urea groups is 1. The number of aryl methyl sites for hydroxylation is 1. The Balaban J connectivity index is 1.20. The second-order valence-corrected chi connectivity index (χ2v) is 8.01. The lowest BCUT2D eigenvalue weighted by Gasteiger charge is -2.09. The minimum absolute atomic E-state index is 0.252. The number of carbonyl (C=O) groups is 1. The molecule has 0 spiro atoms. The molecule has 0 saturated carbocycles. The van der Waals surface area contributed by atoms with Gasteiger partial charge in [0, 0.05) is 29.7 Å². The number of imidazole rings is 1. The molecule has 0 aliphatic carbocycles. The fourth-order valence-corrected chi connectivity index (χ4v) is 3.55. The molecule has 174 valence electrons. The third-order valence-electron chi connectivity index (χ3n) is 5.21. The lowest BCUT2D eigenvalue weighted by Crippen LogP contribution is -2.19. The number of hydrogen-bond acceptors (Lipinski definition) is 5. The fraction of sp³-hybridized carbons (Fsp3) is 0.0769. The fourth-order valence-electron chi connectivity index (χ4n) is 3.55. The van der Waals surface area contributed by atoms with Crippen molar-refractivity contribution in [1.29, 1.82) is 0 Å². The van der Waals surface area contributed by atoms with Gasteiger partial charge < -0.3 is 19.7 Å². The van der Waals surface area contributed by atoms with Gasteiger partial charge in [-0.2, -0.15) is 4.98 Å². The molecule has 0 aliphatic rings. The molecule has 9 heteroatoms. The predicted octanol–water partition coefficient (Wildman–Crippen LogP) is 5.74. The lowest BCUT2D eigenvalue weighted by molar-refractivity contribution is 0.262. The van der Waals surface area contributed by atoms with E-state index in [1.165, 1.54) is 12.1 Å². The number of benzene rings is 3. The summed E-state index contributed by atoms with van der Waals surface area (Å²) in [7, 11) is 0. The first-order chi connectivity index (χ1) is 17.0. The normalized spacial score (nSPS) is 10.8. The van der Waals surface area contributed by atoms with E-state index in [9.17, 15) is 9.18 Å². The number of hydrogen-bond donors (Lipinski definition) is 2. The summed E-state index contributed by atoms with van der Waals surface area (Å²) in [6.45, 7) is 2.53. The summed E-state index contributed by atoms with van der Waals surface area (Å²) < 4.78 is 20.6. The molecule has 0 atom stereocenters. The highest BCUT2D eigenvalue weighted by Crippen LogP contribution is 2.22. The van der Waals surface area contributed by atoms with Crippen molar-refractivity contribution in [3.8, 4) is 23.0 Å². The van der Waals surface area contributed by atoms with E-state index in [0.29, 0.717) is 29.3 Å². The highest BCUT2D eigenvalue weighted by atomic mass is 19.1. The number of amides is 2. The van der Waals surface area contributed by atoms with Crippen LogP contribution >= 0.6 is 0 Å². The Bertz CT molecular complexity index is 1480. The minimum Gasteiger partial charge on any atom is -0.332 e. The monoisotopic (exact) mass is 468 g/mol. The molecule has 2 amide bonds. The van der Waals surface area contributed by atoms with Crippen molar-refractivity contribution >= 4 is 17.4 Å². The van der Waals surface area contributed by atoms with Gasteiger partial charge in [0.05, 0.1) is 6.33 Å². The van der Waals surface area contributed by atoms with Crippen molar-refractivity contribution in [2.24, 2.45) is 0 Å². The van der Waals surface area contributed by atoms with Crippen molar-refractivity contribution in [3.63, 3.8) is 0 Å². The van der Waals surface area contributed by atoms with Crippen LogP contribution in [0.4, 0.5) is 20.6 Å². The highest BCUT2D eigenvalue weighted by Gasteiger charge is 2.14. The lowest BCUT2D eigenvalue weighted by atomic mass is 10.2. The van der Waals surface area contributed by atoms with Gasteiger partial charge in [0.15, 0.2) is 0 Å². The summed E-state index contributed by atoms with van der Waals surface area (Å²) in [6, 6.07) is 20.8. The molecule has 2 N–H and O–H groups in total. The molecule has 5 rings (SSSR count). The summed E-state index contributed by atoms with van der Waals surface area (Å²) in [5.74, 6) is 0.178. The van der Waals surface area contributed by atoms with Crippen LogP contribution in [0.3, 0.4) is 0 Å². The van der Waals surface area contributed by atoms with Crippen molar-refractivity contribution in [2.75, 3.05) is 10.6 Å². The topological polar surface area (TPSA) is 97.9 Å². The van der Waals surface area contributed by atoms with Gasteiger partial charge >= 0.3 is 6.03 Å². The van der Waals surface area contributed by atoms with Gasteiger partial charge in [-0.25, -0.2) is 14.2 Å². The Morgan fingerprint density at radius 3 is 2.60 bits per heavy atom. The SMILES string of the molecule is Cc1cccc(NC(=O)Nc2ccc(Cn3cnc(-c4nc(-c5cccc(F)c5)no4)c3)cc2)c1. The molecule has 0 aliphatic heterocycles. The molecule has 0 saturated heterocycles. The summed E-state index contributed by atoms with van der Waals surface area (Å²) in [6.07, 6.45) is 3.47. The number of nitrogens with one attached hydrogen (secondary N) is 2. The summed E-state index contributed by atoms with van der Waals surface area (Å²) in [5, 5.41) is 9.56. The average molecular weight is 468 g/mol. The van der Waals surface area contributed by atoms with Gasteiger partial charge in [0.25, 0.3) is 5.89 Å². The Morgan fingerprint density at radius 2 is 1.80 bits per heavy atom. The average Bonchev–Trinajstić information content (AvgIpc) is 3.50. The van der Waals surface area contributed by atoms with Crippen LogP contribution < -0.4 is 10.6 Å². The third-order valence-corrected chi connectivity index (χ3v) is 5.21. The van der Waals surface area contributed by atoms with E-state index in [1.807, 2.05) is 60.0 Å². The number of anilines is 2. The van der Waals surface area contributed by atoms with Crippen LogP contribution in [-0.2, 0) is 6.54 Å². The van der Waals surface area contributed by atoms with Gasteiger partial charge in [0.1, 0.15) is 11.5 Å². The number of nitrogens with zero attached hydrogens (tertiary/aromatic N) is 4. The van der Waals surface area contributed by atoms with Gasteiger partial charge in [-0.05, 0) is 54.4 Å². The first-order valence-electron chi connectivity index (χ1n) is 10.9. The van der Waals surface area contributed by atoms with E-state index in [0.717, 1.165) is 16.8 Å². The van der Waals surface area contributed by atoms with E-state index in [4.69, 9.17) is 4.52 Å². The molecule has 0 unspecified atom stereocenters. The zero-order valence-corrected chi connectivity index (χ0v) is 18.8. The number of rotatable bonds is 6. The van der Waals surface area contributed by atoms with Crippen LogP contribution in [0.2, 0.25) is 0 Å². The second kappa shape index (κ2) is 9.60. The highest BCUT2D eigenvalue weighted by molar-refractivity contribution is 5.99. The van der Waals surface area contributed by atoms with Gasteiger partial charge in [-0.1, -0.05) is 41.6 Å². The standard InChI is InChI=1S/C26H21FN6O2/c1-17-4-2-7-22(12-17)30-26(34)29-21-10-8-18(9-11-21)14-33-15-23(28-16-33)25-31-24(32-35-25)19-5-3-6-20(27)13-19/h2-13,15-16H,14H2,1H3,(H2,29,30,34). The van der Waals surface area contributed by atoms with Crippen molar-refractivity contribution in [1.82, 2.24) is 19.7 Å². The molecule has 2 aromatic heterocycles. The summed E-state index contributed by atoms with van der Waals surface area (Å²) in [5.41, 5.74) is 4.55. The van der Waals surface area contributed by atoms with E-state index in [2.05, 4.69) is 25.8 Å². The maximum Gasteiger partial charge on any atom is 0.323 e. The smallest absolute Gasteiger partial charge is 0.323 e. The molecular weight excluding hydrogens is 447 g/mol. The van der Waals surface area contributed by atoms with Gasteiger partial charge in [-0.3, -0.25) is 0 Å². The molecule has 0 bridgehead atoms. The molecule has 35 heavy (non-hydrogen) atoms. The van der Waals surface area contributed by atoms with Crippen LogP contribution in [0.1, 0.15) is 11.1 Å². The molecule has 0 radical (unpaired) electrons. The quantitative estimate of drug-likeness (QED) is 0.331. The van der Waals surface area contributed by atoms with Crippen LogP contribution in [0, 0.1) is 12.7 Å². The second-order valence-electron chi connectivity index (χ2n) is 8.01. The van der Waals surface area contributed by atoms with Crippen molar-refractivity contribution in [2.45, 2.75) is 13.5 Å². The molecule has 3 aromatic carbocycles. The van der Waals surface area contributed by atoms with Crippen LogP contribution in [0.25, 0.3) is 23.0 Å². The first-order valence-corrected chi connectivity index (χ1v) is 10.9. The van der Waals surface area contributed by atoms with Crippen molar-refractivity contribution < 1.29 is 13.7 Å². The number of halogens is 1. The largest absolute Gasteiger partial charge is 0.332 e. The van der Waals surface area contributed by atoms with Gasteiger partial charge in [-0.15, -0.1) is 0 Å². The summed E-state index contributed by atoms with van der Waals surface area (Å²) >= 11 is 0. The van der Waals surface area contributed by atoms with E-state index >= 15 is 0 Å². The molecule has 2 heterocycles. The predicted molar refractivity (Wildman–Crippen MR) is 130 cm³/mol. The Labute approximate surface area is 200 Å². The number of carbonyl (C=O) groups excluding carboxylic acids is 1. The Morgan fingerprint density at radius 1 is 1.00 bits per heavy atom. The Kier molecular flexibility index (Phi) is 6.04. The third kappa shape index (κ3) is 5.41. The van der Waals surface area contributed by atoms with Crippen LogP contribution in [0.5, 0.6) is 0 Å². The van der Waals surface area contributed by atoms with Crippen molar-refractivity contribution in [3.05, 3.63) is 102 Å². The molecular formula is C26H21FN6O2. The van der Waals surface area contributed by atoms with E-state index < -0.39 is 0 Å². The first kappa shape index (κ1) is 22.0. The van der Waals surface area contributed by atoms with Crippen LogP contribution in [-0.4, -0.2) is 25.7 Å². The molecule has 5 aromatic rings. The zero-order chi connectivity index (χ0) is 24.2. The molecule has 0 fully saturated rings. The Hall–Kier alpha value is -4.79. The molecule has 8 nitrogen and oxygen atoms in total. The maximum absolute atomic E-state index is 13.5. The zero-order valence-electron chi connectivity index (χ0n) is 18.8. The van der Waals surface area contributed by atoms with E-state index in [-0.39, 0.29) is 17.7 Å². The minimum atomic E-state index is -0.369. The summed E-state index contributed by atoms with van der Waals surface area (Å²) in [4.78, 5) is 20.9. The van der Waals surface area contributed by atoms with E-state index in [1.54, 1.807) is 24.7 Å². The van der Waals surface area contributed by atoms with Gasteiger partial charge in [0.2, 0.25) is 5.82 Å². The maximum atomic E-state index is 13.5.